The molecular weight excluding hydrogens is 484 g/mol. The van der Waals surface area contributed by atoms with Crippen molar-refractivity contribution in [2.24, 2.45) is 17.8 Å². The fraction of sp³-hybridized carbons (Fsp3) is 0.923. The number of nitrogens with one attached hydrogen (secondary N) is 3. The van der Waals surface area contributed by atoms with Gasteiger partial charge >= 0.3 is 138 Å². The fourth-order valence-corrected chi connectivity index (χ4v) is 14.4. The van der Waals surface area contributed by atoms with Crippen LogP contribution >= 0.6 is 20.4 Å². The molecular formula is C13H20I2N3O2-. The van der Waals surface area contributed by atoms with Gasteiger partial charge < -0.3 is 0 Å². The summed E-state index contributed by atoms with van der Waals surface area (Å²) in [5.74, 6) is 2.29. The zero-order valence-electron chi connectivity index (χ0n) is 11.6. The summed E-state index contributed by atoms with van der Waals surface area (Å²) in [7, 11) is 0. The molecule has 5 rings (SSSR count). The first-order valence-corrected chi connectivity index (χ1v) is 12.8. The minimum atomic E-state index is -1.08. The number of rotatable bonds is 4. The average Bonchev–Trinajstić information content (AvgIpc) is 3.26. The Bertz CT molecular complexity index is 502. The maximum absolute atomic E-state index is 12.7. The number of carbonyl (C=O) groups excluding carboxylic acids is 1. The summed E-state index contributed by atoms with van der Waals surface area (Å²) < 4.78 is 16.1. The van der Waals surface area contributed by atoms with Gasteiger partial charge in [-0.2, -0.15) is 0 Å². The van der Waals surface area contributed by atoms with Crippen LogP contribution in [-0.4, -0.2) is 18.8 Å². The topological polar surface area (TPSA) is 92.1 Å². The summed E-state index contributed by atoms with van der Waals surface area (Å²) in [6.45, 7) is 4.28. The van der Waals surface area contributed by atoms with Gasteiger partial charge in [-0.25, -0.2) is 0 Å². The van der Waals surface area contributed by atoms with Crippen LogP contribution in [0.2, 0.25) is 0 Å². The first kappa shape index (κ1) is 13.3. The van der Waals surface area contributed by atoms with Gasteiger partial charge in [-0.3, -0.25) is 0 Å². The van der Waals surface area contributed by atoms with E-state index in [0.717, 1.165) is 11.8 Å². The molecule has 0 aromatic rings. The number of halogens is 2. The Kier molecular flexibility index (Phi) is 2.54. The Balaban J connectivity index is 1.32. The van der Waals surface area contributed by atoms with Gasteiger partial charge in [0.05, 0.1) is 0 Å². The third-order valence-corrected chi connectivity index (χ3v) is 14.2. The van der Waals surface area contributed by atoms with Gasteiger partial charge in [-0.15, -0.1) is 0 Å². The van der Waals surface area contributed by atoms with E-state index in [0.29, 0.717) is 5.92 Å². The molecule has 20 heavy (non-hydrogen) atoms. The Morgan fingerprint density at radius 3 is 2.50 bits per heavy atom. The molecule has 3 aliphatic heterocycles. The van der Waals surface area contributed by atoms with Gasteiger partial charge in [0.15, 0.2) is 0 Å². The minimum absolute atomic E-state index is 0.0235. The van der Waals surface area contributed by atoms with Crippen molar-refractivity contribution in [1.82, 2.24) is 10.6 Å². The first-order chi connectivity index (χ1) is 9.47. The van der Waals surface area contributed by atoms with E-state index in [1.807, 2.05) is 0 Å². The summed E-state index contributed by atoms with van der Waals surface area (Å²) in [6.07, 6.45) is 5.37. The Hall–Kier alpha value is 0.810. The molecule has 0 aromatic heterocycles. The zero-order chi connectivity index (χ0) is 13.8. The molecule has 3 saturated heterocycles. The summed E-state index contributed by atoms with van der Waals surface area (Å²) in [5, 5.41) is 0. The van der Waals surface area contributed by atoms with Crippen molar-refractivity contribution in [3.63, 3.8) is 0 Å². The predicted octanol–water partition coefficient (Wildman–Crippen LogP) is -1.76. The van der Waals surface area contributed by atoms with Crippen molar-refractivity contribution in [2.75, 3.05) is 0 Å². The third-order valence-electron chi connectivity index (χ3n) is 5.69. The Labute approximate surface area is 137 Å². The SMILES string of the molecule is CC(C)(OC(=O)C1(C23NI2N3)N[I-]1)C1CC2CCC1C2. The molecule has 0 spiro atoms. The number of ether oxygens (including phenoxy) is 1. The standard InChI is InChI=1S/C13H20I2N3O2/c1-11(2,9-6-7-3-4-8(9)5-7)20-10(19)12(14-16-12)13-15(17-13)18-13/h7-9,16-18H,3-6H2,1-2H3/q-1. The molecule has 3 heterocycles. The molecule has 0 radical (unpaired) electrons. The zero-order valence-corrected chi connectivity index (χ0v) is 15.9. The van der Waals surface area contributed by atoms with Crippen LogP contribution in [0.15, 0.2) is 0 Å². The molecule has 2 saturated carbocycles. The molecule has 5 fully saturated rings. The van der Waals surface area contributed by atoms with Crippen LogP contribution in [0.5, 0.6) is 0 Å². The predicted molar refractivity (Wildman–Crippen MR) is 78.0 cm³/mol. The van der Waals surface area contributed by atoms with Crippen molar-refractivity contribution in [2.45, 2.75) is 52.3 Å². The molecule has 7 heteroatoms. The van der Waals surface area contributed by atoms with E-state index >= 15 is 0 Å². The number of hydrogen-bond donors (Lipinski definition) is 3. The van der Waals surface area contributed by atoms with Crippen molar-refractivity contribution < 1.29 is 31.0 Å². The van der Waals surface area contributed by atoms with E-state index in [2.05, 4.69) is 24.4 Å². The summed E-state index contributed by atoms with van der Waals surface area (Å²) in [4.78, 5) is 12.7. The molecule has 3 N–H and O–H groups in total. The van der Waals surface area contributed by atoms with Crippen molar-refractivity contribution >= 4 is 26.3 Å². The molecule has 114 valence electrons. The number of esters is 1. The van der Waals surface area contributed by atoms with Crippen LogP contribution in [0.1, 0.15) is 39.5 Å². The van der Waals surface area contributed by atoms with E-state index in [9.17, 15) is 4.79 Å². The van der Waals surface area contributed by atoms with Gasteiger partial charge in [-0.05, 0) is 0 Å². The van der Waals surface area contributed by atoms with Crippen LogP contribution in [0.25, 0.3) is 0 Å². The molecule has 0 amide bonds. The summed E-state index contributed by atoms with van der Waals surface area (Å²) in [6, 6.07) is 0. The van der Waals surface area contributed by atoms with Gasteiger partial charge in [0.1, 0.15) is 0 Å². The molecule has 0 aromatic carbocycles. The Morgan fingerprint density at radius 1 is 1.35 bits per heavy atom. The van der Waals surface area contributed by atoms with Crippen molar-refractivity contribution in [1.29, 1.82) is 0 Å². The van der Waals surface area contributed by atoms with E-state index in [-0.39, 0.29) is 40.3 Å². The monoisotopic (exact) mass is 504 g/mol. The molecule has 2 bridgehead atoms. The Morgan fingerprint density at radius 2 is 2.05 bits per heavy atom. The number of fused-ring (bicyclic) bond motifs is 3. The second-order valence-electron chi connectivity index (χ2n) is 7.25. The molecule has 4 atom stereocenters. The second kappa shape index (κ2) is 3.82. The fourth-order valence-electron chi connectivity index (χ4n) is 4.36. The van der Waals surface area contributed by atoms with Gasteiger partial charge in [0, 0.05) is 0 Å². The maximum atomic E-state index is 12.7. The second-order valence-corrected chi connectivity index (χ2v) is 14.3. The number of alkyl halides is 2. The number of hydrogen-bond acceptors (Lipinski definition) is 5. The summed E-state index contributed by atoms with van der Waals surface area (Å²) in [5.41, 5.74) is -0.294. The molecule has 4 unspecified atom stereocenters. The van der Waals surface area contributed by atoms with Crippen LogP contribution < -0.4 is 32.1 Å². The van der Waals surface area contributed by atoms with E-state index in [4.69, 9.17) is 4.74 Å². The van der Waals surface area contributed by atoms with Crippen LogP contribution in [0.4, 0.5) is 0 Å². The molecule has 5 aliphatic rings. The van der Waals surface area contributed by atoms with Gasteiger partial charge in [0.25, 0.3) is 0 Å². The molecule has 2 aliphatic carbocycles. The average molecular weight is 504 g/mol. The van der Waals surface area contributed by atoms with E-state index in [1.165, 1.54) is 25.7 Å². The van der Waals surface area contributed by atoms with Gasteiger partial charge in [-0.1, -0.05) is 0 Å². The molecule has 5 nitrogen and oxygen atoms in total. The number of carbonyl (C=O) groups is 1. The van der Waals surface area contributed by atoms with Crippen LogP contribution in [0.3, 0.4) is 0 Å². The first-order valence-electron chi connectivity index (χ1n) is 7.38. The third kappa shape index (κ3) is 1.61. The van der Waals surface area contributed by atoms with Crippen molar-refractivity contribution in [3.8, 4) is 0 Å². The van der Waals surface area contributed by atoms with Crippen LogP contribution in [0, 0.1) is 17.8 Å². The van der Waals surface area contributed by atoms with Crippen molar-refractivity contribution in [3.05, 3.63) is 0 Å². The normalized spacial score (nSPS) is 48.3. The van der Waals surface area contributed by atoms with Gasteiger partial charge in [0.2, 0.25) is 0 Å². The van der Waals surface area contributed by atoms with E-state index < -0.39 is 20.4 Å². The van der Waals surface area contributed by atoms with E-state index in [1.54, 1.807) is 0 Å². The quantitative estimate of drug-likeness (QED) is 0.106. The summed E-state index contributed by atoms with van der Waals surface area (Å²) >= 11 is -1.31. The van der Waals surface area contributed by atoms with Crippen LogP contribution in [-0.2, 0) is 9.53 Å².